The Morgan fingerprint density at radius 3 is 3.00 bits per heavy atom. The SMILES string of the molecule is CCc1ncnc2[nH]c(C)cc12. The lowest BCUT2D eigenvalue weighted by Gasteiger charge is -1.94. The summed E-state index contributed by atoms with van der Waals surface area (Å²) < 4.78 is 0. The largest absolute Gasteiger partial charge is 0.343 e. The molecular formula is C9H11N3. The van der Waals surface area contributed by atoms with Crippen molar-refractivity contribution >= 4 is 11.0 Å². The maximum atomic E-state index is 4.21. The minimum atomic E-state index is 0.944. The number of H-pyrrole nitrogens is 1. The summed E-state index contributed by atoms with van der Waals surface area (Å²) in [5.74, 6) is 0. The van der Waals surface area contributed by atoms with E-state index < -0.39 is 0 Å². The van der Waals surface area contributed by atoms with Crippen LogP contribution in [0.4, 0.5) is 0 Å². The van der Waals surface area contributed by atoms with E-state index in [4.69, 9.17) is 0 Å². The van der Waals surface area contributed by atoms with Crippen molar-refractivity contribution in [3.05, 3.63) is 23.8 Å². The number of aromatic amines is 1. The molecule has 0 saturated carbocycles. The Morgan fingerprint density at radius 1 is 1.42 bits per heavy atom. The molecule has 3 heteroatoms. The Kier molecular flexibility index (Phi) is 1.57. The second-order valence-corrected chi connectivity index (χ2v) is 2.89. The van der Waals surface area contributed by atoms with Gasteiger partial charge in [-0.15, -0.1) is 0 Å². The first-order valence-corrected chi connectivity index (χ1v) is 4.10. The van der Waals surface area contributed by atoms with Gasteiger partial charge in [-0.3, -0.25) is 0 Å². The fourth-order valence-corrected chi connectivity index (χ4v) is 1.40. The Labute approximate surface area is 70.9 Å². The Hall–Kier alpha value is -1.38. The van der Waals surface area contributed by atoms with Crippen molar-refractivity contribution in [1.29, 1.82) is 0 Å². The first kappa shape index (κ1) is 7.28. The van der Waals surface area contributed by atoms with Crippen LogP contribution >= 0.6 is 0 Å². The quantitative estimate of drug-likeness (QED) is 0.693. The third-order valence-electron chi connectivity index (χ3n) is 1.98. The lowest BCUT2D eigenvalue weighted by molar-refractivity contribution is 1.03. The van der Waals surface area contributed by atoms with Crippen molar-refractivity contribution in [2.45, 2.75) is 20.3 Å². The van der Waals surface area contributed by atoms with E-state index in [-0.39, 0.29) is 0 Å². The van der Waals surface area contributed by atoms with Crippen LogP contribution in [-0.4, -0.2) is 15.0 Å². The average Bonchev–Trinajstić information content (AvgIpc) is 2.44. The molecule has 2 aromatic heterocycles. The first-order chi connectivity index (χ1) is 5.81. The fraction of sp³-hybridized carbons (Fsp3) is 0.333. The number of nitrogens with one attached hydrogen (secondary N) is 1. The van der Waals surface area contributed by atoms with Crippen LogP contribution in [-0.2, 0) is 6.42 Å². The average molecular weight is 161 g/mol. The molecule has 1 N–H and O–H groups in total. The molecule has 0 aromatic carbocycles. The zero-order chi connectivity index (χ0) is 8.55. The van der Waals surface area contributed by atoms with Gasteiger partial charge in [-0.05, 0) is 19.4 Å². The van der Waals surface area contributed by atoms with Gasteiger partial charge < -0.3 is 4.98 Å². The number of rotatable bonds is 1. The van der Waals surface area contributed by atoms with E-state index in [0.717, 1.165) is 28.8 Å². The molecular weight excluding hydrogens is 150 g/mol. The number of nitrogens with zero attached hydrogens (tertiary/aromatic N) is 2. The van der Waals surface area contributed by atoms with Crippen LogP contribution in [0.15, 0.2) is 12.4 Å². The van der Waals surface area contributed by atoms with Crippen molar-refractivity contribution in [3.63, 3.8) is 0 Å². The second kappa shape index (κ2) is 2.59. The van der Waals surface area contributed by atoms with Crippen molar-refractivity contribution in [3.8, 4) is 0 Å². The van der Waals surface area contributed by atoms with Gasteiger partial charge >= 0.3 is 0 Å². The molecule has 0 atom stereocenters. The summed E-state index contributed by atoms with van der Waals surface area (Å²) in [5.41, 5.74) is 3.20. The third-order valence-corrected chi connectivity index (χ3v) is 1.98. The monoisotopic (exact) mass is 161 g/mol. The molecule has 12 heavy (non-hydrogen) atoms. The van der Waals surface area contributed by atoms with Crippen LogP contribution in [0.25, 0.3) is 11.0 Å². The summed E-state index contributed by atoms with van der Waals surface area (Å²) in [6.07, 6.45) is 2.56. The van der Waals surface area contributed by atoms with Gasteiger partial charge in [0, 0.05) is 11.1 Å². The highest BCUT2D eigenvalue weighted by atomic mass is 14.9. The summed E-state index contributed by atoms with van der Waals surface area (Å²) >= 11 is 0. The molecule has 3 nitrogen and oxygen atoms in total. The normalized spacial score (nSPS) is 10.8. The maximum absolute atomic E-state index is 4.21. The summed E-state index contributed by atoms with van der Waals surface area (Å²) in [6.45, 7) is 4.13. The van der Waals surface area contributed by atoms with E-state index in [1.165, 1.54) is 0 Å². The lowest BCUT2D eigenvalue weighted by atomic mass is 10.2. The van der Waals surface area contributed by atoms with Crippen molar-refractivity contribution in [2.24, 2.45) is 0 Å². The van der Waals surface area contributed by atoms with Crippen molar-refractivity contribution in [1.82, 2.24) is 15.0 Å². The predicted molar refractivity (Wildman–Crippen MR) is 48.0 cm³/mol. The van der Waals surface area contributed by atoms with Gasteiger partial charge in [-0.25, -0.2) is 9.97 Å². The lowest BCUT2D eigenvalue weighted by Crippen LogP contribution is -1.88. The zero-order valence-electron chi connectivity index (χ0n) is 7.26. The van der Waals surface area contributed by atoms with Gasteiger partial charge in [0.1, 0.15) is 12.0 Å². The molecule has 0 aliphatic carbocycles. The molecule has 0 bridgehead atoms. The van der Waals surface area contributed by atoms with Crippen molar-refractivity contribution in [2.75, 3.05) is 0 Å². The summed E-state index contributed by atoms with van der Waals surface area (Å²) in [7, 11) is 0. The molecule has 0 aliphatic heterocycles. The van der Waals surface area contributed by atoms with Crippen LogP contribution in [0.3, 0.4) is 0 Å². The standard InChI is InChI=1S/C9H11N3/c1-3-8-7-4-6(2)12-9(7)11-5-10-8/h4-5H,3H2,1-2H3,(H,10,11,12). The molecule has 2 aromatic rings. The Bertz CT molecular complexity index is 403. The van der Waals surface area contributed by atoms with Gasteiger partial charge in [0.2, 0.25) is 0 Å². The predicted octanol–water partition coefficient (Wildman–Crippen LogP) is 1.83. The van der Waals surface area contributed by atoms with E-state index in [1.807, 2.05) is 6.92 Å². The minimum absolute atomic E-state index is 0.944. The highest BCUT2D eigenvalue weighted by molar-refractivity contribution is 5.78. The van der Waals surface area contributed by atoms with Crippen molar-refractivity contribution < 1.29 is 0 Å². The topological polar surface area (TPSA) is 41.6 Å². The van der Waals surface area contributed by atoms with Gasteiger partial charge in [0.25, 0.3) is 0 Å². The van der Waals surface area contributed by atoms with E-state index in [1.54, 1.807) is 6.33 Å². The minimum Gasteiger partial charge on any atom is -0.343 e. The number of fused-ring (bicyclic) bond motifs is 1. The summed E-state index contributed by atoms with van der Waals surface area (Å²) in [5, 5.41) is 1.15. The van der Waals surface area contributed by atoms with Crippen LogP contribution in [0.5, 0.6) is 0 Å². The van der Waals surface area contributed by atoms with Crippen LogP contribution < -0.4 is 0 Å². The second-order valence-electron chi connectivity index (χ2n) is 2.89. The highest BCUT2D eigenvalue weighted by Gasteiger charge is 2.02. The van der Waals surface area contributed by atoms with E-state index >= 15 is 0 Å². The molecule has 62 valence electrons. The molecule has 0 fully saturated rings. The zero-order valence-corrected chi connectivity index (χ0v) is 7.26. The van der Waals surface area contributed by atoms with E-state index in [9.17, 15) is 0 Å². The number of aromatic nitrogens is 3. The molecule has 0 radical (unpaired) electrons. The van der Waals surface area contributed by atoms with E-state index in [0.29, 0.717) is 0 Å². The van der Waals surface area contributed by atoms with Crippen LogP contribution in [0.1, 0.15) is 18.3 Å². The highest BCUT2D eigenvalue weighted by Crippen LogP contribution is 2.15. The smallest absolute Gasteiger partial charge is 0.141 e. The van der Waals surface area contributed by atoms with Gasteiger partial charge in [0.05, 0.1) is 5.69 Å². The fourth-order valence-electron chi connectivity index (χ4n) is 1.40. The van der Waals surface area contributed by atoms with Crippen LogP contribution in [0.2, 0.25) is 0 Å². The molecule has 0 aliphatic rings. The molecule has 2 rings (SSSR count). The summed E-state index contributed by atoms with van der Waals surface area (Å²) in [4.78, 5) is 11.5. The van der Waals surface area contributed by atoms with Crippen LogP contribution in [0, 0.1) is 6.92 Å². The number of hydrogen-bond acceptors (Lipinski definition) is 2. The molecule has 0 unspecified atom stereocenters. The number of hydrogen-bond donors (Lipinski definition) is 1. The van der Waals surface area contributed by atoms with Gasteiger partial charge in [-0.1, -0.05) is 6.92 Å². The number of aryl methyl sites for hydroxylation is 2. The molecule has 2 heterocycles. The molecule has 0 saturated heterocycles. The Balaban J connectivity index is 2.78. The molecule has 0 amide bonds. The third kappa shape index (κ3) is 0.978. The molecule has 0 spiro atoms. The van der Waals surface area contributed by atoms with Gasteiger partial charge in [0.15, 0.2) is 0 Å². The first-order valence-electron chi connectivity index (χ1n) is 4.10. The van der Waals surface area contributed by atoms with Gasteiger partial charge in [-0.2, -0.15) is 0 Å². The Morgan fingerprint density at radius 2 is 2.25 bits per heavy atom. The van der Waals surface area contributed by atoms with E-state index in [2.05, 4.69) is 27.9 Å². The summed E-state index contributed by atoms with van der Waals surface area (Å²) in [6, 6.07) is 2.09. The maximum Gasteiger partial charge on any atom is 0.141 e.